The summed E-state index contributed by atoms with van der Waals surface area (Å²) in [6.07, 6.45) is 2.71. The number of benzene rings is 3. The highest BCUT2D eigenvalue weighted by Crippen LogP contribution is 2.46. The van der Waals surface area contributed by atoms with Crippen molar-refractivity contribution in [1.82, 2.24) is 10.3 Å². The molecule has 2 amide bonds. The molecule has 330 valence electrons. The number of nitrogens with zero attached hydrogens (tertiary/aromatic N) is 3. The lowest BCUT2D eigenvalue weighted by Crippen LogP contribution is -2.34. The Morgan fingerprint density at radius 3 is 2.13 bits per heavy atom. The van der Waals surface area contributed by atoms with Gasteiger partial charge in [0, 0.05) is 24.2 Å². The molecule has 0 radical (unpaired) electrons. The average Bonchev–Trinajstić information content (AvgIpc) is 3.58. The number of nitrogens with one attached hydrogen (secondary N) is 1. The van der Waals surface area contributed by atoms with Crippen molar-refractivity contribution >= 4 is 40.4 Å². The highest BCUT2D eigenvalue weighted by molar-refractivity contribution is 8.15. The monoisotopic (exact) mass is 866 g/mol. The van der Waals surface area contributed by atoms with E-state index in [4.69, 9.17) is 28.5 Å². The summed E-state index contributed by atoms with van der Waals surface area (Å²) in [4.78, 5) is 47.9. The number of carbonyl (C=O) groups is 3. The molecule has 14 heteroatoms. The predicted molar refractivity (Wildman–Crippen MR) is 241 cm³/mol. The molecular formula is C48H58N4O9S. The third-order valence-corrected chi connectivity index (χ3v) is 12.2. The summed E-state index contributed by atoms with van der Waals surface area (Å²) in [5, 5.41) is 6.27. The number of aryl methyl sites for hydroxylation is 1. The van der Waals surface area contributed by atoms with Crippen LogP contribution in [0.4, 0.5) is 10.6 Å². The number of anilines is 1. The van der Waals surface area contributed by atoms with Crippen molar-refractivity contribution < 1.29 is 42.9 Å². The molecule has 1 aromatic heterocycles. The lowest BCUT2D eigenvalue weighted by Gasteiger charge is -2.42. The zero-order valence-electron chi connectivity index (χ0n) is 36.8. The Hall–Kier alpha value is -5.44. The summed E-state index contributed by atoms with van der Waals surface area (Å²) in [5.74, 6) is 1.33. The van der Waals surface area contributed by atoms with E-state index in [9.17, 15) is 14.4 Å². The van der Waals surface area contributed by atoms with Crippen molar-refractivity contribution in [3.8, 4) is 11.6 Å². The van der Waals surface area contributed by atoms with Gasteiger partial charge in [-0.1, -0.05) is 81.0 Å². The molecule has 2 heterocycles. The molecule has 13 nitrogen and oxygen atoms in total. The van der Waals surface area contributed by atoms with Gasteiger partial charge >= 0.3 is 5.97 Å². The maximum absolute atomic E-state index is 12.2. The first kappa shape index (κ1) is 46.1. The molecule has 6 rings (SSSR count). The largest absolute Gasteiger partial charge is 0.492 e. The fraction of sp³-hybridized carbons (Fsp3) is 0.438. The van der Waals surface area contributed by atoms with Crippen LogP contribution in [0.1, 0.15) is 84.3 Å². The van der Waals surface area contributed by atoms with Gasteiger partial charge in [0.15, 0.2) is 0 Å². The molecule has 1 N–H and O–H groups in total. The number of oxime groups is 1. The standard InChI is InChI=1S/C48H58N4O9S/c1-32-29-38-39(48(4,5)20-19-47(38,2)3)31-37(32)43(34-13-15-35(16-14-34)45(54)56-7)51-61-28-26-58-24-23-57-25-27-60-42-10-8-9-41(49-42)52(6)21-22-59-36-17-11-33(12-18-36)30-40-44(53)50-46(55)62-40/h8-18,29,31,40H,19-28,30H2,1-7H3,(H,50,53,55)/b51-43-. The summed E-state index contributed by atoms with van der Waals surface area (Å²) >= 11 is 1.03. The second-order valence-electron chi connectivity index (χ2n) is 16.7. The van der Waals surface area contributed by atoms with Crippen LogP contribution >= 0.6 is 11.8 Å². The maximum Gasteiger partial charge on any atom is 0.337 e. The van der Waals surface area contributed by atoms with Gasteiger partial charge in [-0.3, -0.25) is 14.9 Å². The van der Waals surface area contributed by atoms with E-state index in [1.165, 1.54) is 18.2 Å². The summed E-state index contributed by atoms with van der Waals surface area (Å²) in [6.45, 7) is 14.4. The number of likely N-dealkylation sites (N-methyl/N-ethyl adjacent to an activating group) is 1. The minimum Gasteiger partial charge on any atom is -0.492 e. The molecule has 1 unspecified atom stereocenters. The van der Waals surface area contributed by atoms with E-state index in [-0.39, 0.29) is 28.6 Å². The first-order valence-electron chi connectivity index (χ1n) is 21.0. The number of hydrogen-bond acceptors (Lipinski definition) is 13. The molecule has 3 aromatic carbocycles. The highest BCUT2D eigenvalue weighted by Gasteiger charge is 2.38. The Kier molecular flexibility index (Phi) is 15.7. The topological polar surface area (TPSA) is 147 Å². The number of ether oxygens (including phenoxy) is 5. The van der Waals surface area contributed by atoms with E-state index in [0.717, 1.165) is 58.4 Å². The molecule has 0 spiro atoms. The number of amides is 2. The summed E-state index contributed by atoms with van der Waals surface area (Å²) in [5.41, 5.74) is 7.86. The van der Waals surface area contributed by atoms with Gasteiger partial charge < -0.3 is 33.4 Å². The van der Waals surface area contributed by atoms with Gasteiger partial charge in [0.2, 0.25) is 11.8 Å². The highest BCUT2D eigenvalue weighted by atomic mass is 32.2. The molecule has 2 aliphatic rings. The molecule has 62 heavy (non-hydrogen) atoms. The third-order valence-electron chi connectivity index (χ3n) is 11.3. The van der Waals surface area contributed by atoms with Gasteiger partial charge in [-0.15, -0.1) is 0 Å². The fourth-order valence-corrected chi connectivity index (χ4v) is 8.29. The number of pyridine rings is 1. The number of aromatic nitrogens is 1. The molecular weight excluding hydrogens is 809 g/mol. The molecule has 1 aliphatic heterocycles. The van der Waals surface area contributed by atoms with Gasteiger partial charge in [-0.25, -0.2) is 4.79 Å². The first-order valence-corrected chi connectivity index (χ1v) is 21.9. The number of esters is 1. The minimum absolute atomic E-state index is 0.0213. The number of fused-ring (bicyclic) bond motifs is 1. The molecule has 1 saturated heterocycles. The van der Waals surface area contributed by atoms with Crippen LogP contribution in [0.3, 0.4) is 0 Å². The lowest BCUT2D eigenvalue weighted by molar-refractivity contribution is -0.118. The van der Waals surface area contributed by atoms with E-state index in [2.05, 4.69) is 62.2 Å². The Labute approximate surface area is 368 Å². The summed E-state index contributed by atoms with van der Waals surface area (Å²) in [7, 11) is 3.31. The van der Waals surface area contributed by atoms with Crippen LogP contribution in [0.25, 0.3) is 0 Å². The number of carbonyl (C=O) groups excluding carboxylic acids is 3. The van der Waals surface area contributed by atoms with Gasteiger partial charge in [0.1, 0.15) is 37.1 Å². The molecule has 1 atom stereocenters. The molecule has 1 aliphatic carbocycles. The van der Waals surface area contributed by atoms with Crippen LogP contribution < -0.4 is 19.7 Å². The minimum atomic E-state index is -0.395. The normalized spacial score (nSPS) is 16.6. The van der Waals surface area contributed by atoms with E-state index in [1.54, 1.807) is 12.1 Å². The molecule has 4 aromatic rings. The third kappa shape index (κ3) is 12.1. The van der Waals surface area contributed by atoms with E-state index in [0.29, 0.717) is 69.8 Å². The maximum atomic E-state index is 12.2. The summed E-state index contributed by atoms with van der Waals surface area (Å²) in [6, 6.07) is 25.0. The van der Waals surface area contributed by atoms with Crippen LogP contribution in [-0.2, 0) is 41.1 Å². The van der Waals surface area contributed by atoms with Crippen LogP contribution in [-0.4, -0.2) is 100 Å². The Morgan fingerprint density at radius 2 is 1.47 bits per heavy atom. The van der Waals surface area contributed by atoms with Gasteiger partial charge in [0.25, 0.3) is 5.24 Å². The zero-order chi connectivity index (χ0) is 44.3. The number of methoxy groups -OCH3 is 1. The number of hydrogen-bond donors (Lipinski definition) is 1. The van der Waals surface area contributed by atoms with Crippen molar-refractivity contribution in [3.05, 3.63) is 118 Å². The Bertz CT molecular complexity index is 2210. The van der Waals surface area contributed by atoms with Crippen LogP contribution in [0.15, 0.2) is 84.0 Å². The average molecular weight is 867 g/mol. The second-order valence-corrected chi connectivity index (χ2v) is 17.9. The first-order chi connectivity index (χ1) is 29.7. The smallest absolute Gasteiger partial charge is 0.337 e. The van der Waals surface area contributed by atoms with Gasteiger partial charge in [-0.05, 0) is 95.7 Å². The van der Waals surface area contributed by atoms with Crippen LogP contribution in [0, 0.1) is 6.92 Å². The van der Waals surface area contributed by atoms with E-state index < -0.39 is 11.2 Å². The zero-order valence-corrected chi connectivity index (χ0v) is 37.6. The number of rotatable bonds is 21. The fourth-order valence-electron chi connectivity index (χ4n) is 7.43. The van der Waals surface area contributed by atoms with Crippen LogP contribution in [0.2, 0.25) is 0 Å². The van der Waals surface area contributed by atoms with Crippen molar-refractivity contribution in [2.45, 2.75) is 70.0 Å². The van der Waals surface area contributed by atoms with E-state index in [1.807, 2.05) is 66.5 Å². The van der Waals surface area contributed by atoms with Crippen molar-refractivity contribution in [2.24, 2.45) is 5.16 Å². The van der Waals surface area contributed by atoms with Crippen LogP contribution in [0.5, 0.6) is 11.6 Å². The second kappa shape index (κ2) is 21.1. The van der Waals surface area contributed by atoms with Crippen molar-refractivity contribution in [3.63, 3.8) is 0 Å². The van der Waals surface area contributed by atoms with E-state index >= 15 is 0 Å². The van der Waals surface area contributed by atoms with Gasteiger partial charge in [0.05, 0.1) is 50.9 Å². The Balaban J connectivity index is 0.906. The van der Waals surface area contributed by atoms with Crippen molar-refractivity contribution in [1.29, 1.82) is 0 Å². The van der Waals surface area contributed by atoms with Crippen molar-refractivity contribution in [2.75, 3.05) is 71.9 Å². The molecule has 1 fully saturated rings. The SMILES string of the molecule is COC(=O)c1ccc(/C(=N/OCCOCCOCCOc2cccc(N(C)CCOc3ccc(CC4SC(=O)NC4=O)cc3)n2)c2cc3c(cc2C)C(C)(C)CCC3(C)C)cc1. The molecule has 0 bridgehead atoms. The number of thioether (sulfide) groups is 1. The number of imide groups is 1. The predicted octanol–water partition coefficient (Wildman–Crippen LogP) is 7.82. The molecule has 0 saturated carbocycles. The van der Waals surface area contributed by atoms with Gasteiger partial charge in [-0.2, -0.15) is 4.98 Å². The quantitative estimate of drug-likeness (QED) is 0.0377. The Morgan fingerprint density at radius 1 is 0.823 bits per heavy atom. The lowest BCUT2D eigenvalue weighted by atomic mass is 9.62. The summed E-state index contributed by atoms with van der Waals surface area (Å²) < 4.78 is 28.2.